The highest BCUT2D eigenvalue weighted by atomic mass is 35.5. The predicted molar refractivity (Wildman–Crippen MR) is 96.5 cm³/mol. The number of hydrogen-bond acceptors (Lipinski definition) is 3. The molecule has 9 heteroatoms. The second-order valence-corrected chi connectivity index (χ2v) is 6.66. The highest BCUT2D eigenvalue weighted by Gasteiger charge is 2.32. The third-order valence-electron chi connectivity index (χ3n) is 4.19. The molecule has 1 aliphatic heterocycles. The Morgan fingerprint density at radius 2 is 1.93 bits per heavy atom. The molecule has 0 radical (unpaired) electrons. The zero-order chi connectivity index (χ0) is 20.3. The summed E-state index contributed by atoms with van der Waals surface area (Å²) in [6, 6.07) is 8.57. The number of piperidine rings is 1. The average Bonchev–Trinajstić information content (AvgIpc) is 2.63. The molecule has 0 aliphatic carbocycles. The number of ether oxygens (including phenoxy) is 1. The maximum absolute atomic E-state index is 13.1. The second kappa shape index (κ2) is 8.10. The molecular formula is C19H16ClF3N2O3. The Morgan fingerprint density at radius 3 is 2.61 bits per heavy atom. The first-order chi connectivity index (χ1) is 13.2. The van der Waals surface area contributed by atoms with Crippen molar-refractivity contribution in [1.82, 2.24) is 10.6 Å². The zero-order valence-electron chi connectivity index (χ0n) is 14.5. The fraction of sp³-hybridized carbons (Fsp3) is 0.263. The minimum Gasteiger partial charge on any atom is -0.455 e. The van der Waals surface area contributed by atoms with Gasteiger partial charge >= 0.3 is 6.18 Å². The summed E-state index contributed by atoms with van der Waals surface area (Å²) in [4.78, 5) is 24.1. The van der Waals surface area contributed by atoms with Crippen molar-refractivity contribution >= 4 is 23.4 Å². The van der Waals surface area contributed by atoms with Gasteiger partial charge in [-0.1, -0.05) is 23.7 Å². The number of carbonyl (C=O) groups is 2. The molecule has 1 fully saturated rings. The molecule has 1 atom stereocenters. The van der Waals surface area contributed by atoms with Crippen LogP contribution < -0.4 is 15.4 Å². The normalized spacial score (nSPS) is 17.0. The Kier molecular flexibility index (Phi) is 5.79. The fourth-order valence-corrected chi connectivity index (χ4v) is 2.96. The monoisotopic (exact) mass is 412 g/mol. The Bertz CT molecular complexity index is 902. The van der Waals surface area contributed by atoms with E-state index in [0.717, 1.165) is 18.2 Å². The van der Waals surface area contributed by atoms with E-state index in [2.05, 4.69) is 10.6 Å². The van der Waals surface area contributed by atoms with Crippen molar-refractivity contribution in [3.63, 3.8) is 0 Å². The van der Waals surface area contributed by atoms with Crippen LogP contribution in [-0.4, -0.2) is 24.4 Å². The highest BCUT2D eigenvalue weighted by Crippen LogP contribution is 2.36. The van der Waals surface area contributed by atoms with Gasteiger partial charge in [-0.2, -0.15) is 13.2 Å². The van der Waals surface area contributed by atoms with Crippen LogP contribution in [-0.2, 0) is 11.0 Å². The van der Waals surface area contributed by atoms with Crippen molar-refractivity contribution < 1.29 is 27.5 Å². The molecule has 2 amide bonds. The minimum atomic E-state index is -4.62. The third-order valence-corrected chi connectivity index (χ3v) is 4.50. The van der Waals surface area contributed by atoms with E-state index >= 15 is 0 Å². The molecule has 2 N–H and O–H groups in total. The lowest BCUT2D eigenvalue weighted by Crippen LogP contribution is -2.45. The number of benzene rings is 2. The van der Waals surface area contributed by atoms with Crippen molar-refractivity contribution in [2.24, 2.45) is 0 Å². The zero-order valence-corrected chi connectivity index (χ0v) is 15.2. The van der Waals surface area contributed by atoms with Gasteiger partial charge in [0.2, 0.25) is 5.91 Å². The van der Waals surface area contributed by atoms with Crippen LogP contribution in [0.1, 0.15) is 28.8 Å². The molecule has 2 aromatic rings. The molecule has 28 heavy (non-hydrogen) atoms. The van der Waals surface area contributed by atoms with Gasteiger partial charge in [-0.05, 0) is 36.8 Å². The van der Waals surface area contributed by atoms with Crippen LogP contribution in [0.5, 0.6) is 11.5 Å². The molecule has 0 bridgehead atoms. The number of rotatable bonds is 4. The van der Waals surface area contributed by atoms with E-state index in [4.69, 9.17) is 16.3 Å². The van der Waals surface area contributed by atoms with Crippen LogP contribution in [0.3, 0.4) is 0 Å². The van der Waals surface area contributed by atoms with Gasteiger partial charge in [0.1, 0.15) is 11.5 Å². The van der Waals surface area contributed by atoms with E-state index in [1.54, 1.807) is 18.2 Å². The Hall–Kier alpha value is -2.74. The summed E-state index contributed by atoms with van der Waals surface area (Å²) in [7, 11) is 0. The predicted octanol–water partition coefficient (Wildman–Crippen LogP) is 4.16. The first-order valence-electron chi connectivity index (χ1n) is 8.45. The van der Waals surface area contributed by atoms with Gasteiger partial charge in [-0.3, -0.25) is 9.59 Å². The molecule has 1 unspecified atom stereocenters. The Morgan fingerprint density at radius 1 is 1.18 bits per heavy atom. The topological polar surface area (TPSA) is 67.4 Å². The van der Waals surface area contributed by atoms with E-state index in [1.165, 1.54) is 6.07 Å². The number of alkyl halides is 3. The van der Waals surface area contributed by atoms with Crippen LogP contribution in [0.4, 0.5) is 13.2 Å². The molecule has 0 spiro atoms. The molecule has 0 saturated carbocycles. The quantitative estimate of drug-likeness (QED) is 0.792. The highest BCUT2D eigenvalue weighted by molar-refractivity contribution is 6.32. The fourth-order valence-electron chi connectivity index (χ4n) is 2.79. The number of nitrogens with one attached hydrogen (secondary N) is 2. The standard InChI is InChI=1S/C19H16ClF3N2O3/c20-14-3-1-2-4-16(14)28-15-6-5-11(19(21,22)23)9-13(15)18(27)25-12-7-8-24-17(26)10-12/h1-6,9,12H,7-8,10H2,(H,24,26)(H,25,27). The molecule has 148 valence electrons. The maximum Gasteiger partial charge on any atom is 0.416 e. The molecular weight excluding hydrogens is 397 g/mol. The average molecular weight is 413 g/mol. The summed E-state index contributed by atoms with van der Waals surface area (Å²) in [5, 5.41) is 5.48. The van der Waals surface area contributed by atoms with Crippen LogP contribution in [0.15, 0.2) is 42.5 Å². The SMILES string of the molecule is O=C1CC(NC(=O)c2cc(C(F)(F)F)ccc2Oc2ccccc2Cl)CCN1. The summed E-state index contributed by atoms with van der Waals surface area (Å²) in [6.45, 7) is 0.384. The number of amides is 2. The minimum absolute atomic E-state index is 0.0609. The number of carbonyl (C=O) groups excluding carboxylic acids is 2. The first-order valence-corrected chi connectivity index (χ1v) is 8.83. The van der Waals surface area contributed by atoms with Gasteiger partial charge in [0.05, 0.1) is 16.1 Å². The molecule has 2 aromatic carbocycles. The molecule has 1 saturated heterocycles. The van der Waals surface area contributed by atoms with Crippen molar-refractivity contribution in [3.8, 4) is 11.5 Å². The molecule has 0 aromatic heterocycles. The molecule has 1 aliphatic rings. The van der Waals surface area contributed by atoms with Crippen molar-refractivity contribution in [1.29, 1.82) is 0 Å². The van der Waals surface area contributed by atoms with E-state index in [0.29, 0.717) is 13.0 Å². The lowest BCUT2D eigenvalue weighted by molar-refractivity contribution is -0.137. The Labute approximate surface area is 163 Å². The van der Waals surface area contributed by atoms with Gasteiger partial charge < -0.3 is 15.4 Å². The summed E-state index contributed by atoms with van der Waals surface area (Å²) in [5.74, 6) is -0.852. The largest absolute Gasteiger partial charge is 0.455 e. The van der Waals surface area contributed by atoms with Gasteiger partial charge in [0.25, 0.3) is 5.91 Å². The van der Waals surface area contributed by atoms with Gasteiger partial charge in [0.15, 0.2) is 0 Å². The van der Waals surface area contributed by atoms with Crippen LogP contribution >= 0.6 is 11.6 Å². The van der Waals surface area contributed by atoms with Crippen molar-refractivity contribution in [2.45, 2.75) is 25.1 Å². The first kappa shape index (κ1) is 20.0. The Balaban J connectivity index is 1.92. The second-order valence-electron chi connectivity index (χ2n) is 6.25. The molecule has 3 rings (SSSR count). The van der Waals surface area contributed by atoms with E-state index in [-0.39, 0.29) is 34.4 Å². The summed E-state index contributed by atoms with van der Waals surface area (Å²) >= 11 is 6.03. The maximum atomic E-state index is 13.1. The van der Waals surface area contributed by atoms with E-state index in [9.17, 15) is 22.8 Å². The van der Waals surface area contributed by atoms with Crippen LogP contribution in [0.2, 0.25) is 5.02 Å². The van der Waals surface area contributed by atoms with Gasteiger partial charge in [-0.25, -0.2) is 0 Å². The van der Waals surface area contributed by atoms with Crippen molar-refractivity contribution in [2.75, 3.05) is 6.54 Å². The van der Waals surface area contributed by atoms with Crippen molar-refractivity contribution in [3.05, 3.63) is 58.6 Å². The number of halogens is 4. The lowest BCUT2D eigenvalue weighted by Gasteiger charge is -2.23. The molecule has 5 nitrogen and oxygen atoms in total. The third kappa shape index (κ3) is 4.75. The van der Waals surface area contributed by atoms with Gasteiger partial charge in [-0.15, -0.1) is 0 Å². The van der Waals surface area contributed by atoms with Gasteiger partial charge in [0, 0.05) is 19.0 Å². The molecule has 1 heterocycles. The van der Waals surface area contributed by atoms with Crippen LogP contribution in [0.25, 0.3) is 0 Å². The summed E-state index contributed by atoms with van der Waals surface area (Å²) in [5.41, 5.74) is -1.27. The smallest absolute Gasteiger partial charge is 0.416 e. The van der Waals surface area contributed by atoms with E-state index < -0.39 is 23.7 Å². The summed E-state index contributed by atoms with van der Waals surface area (Å²) in [6.07, 6.45) is -4.08. The number of hydrogen-bond donors (Lipinski definition) is 2. The lowest BCUT2D eigenvalue weighted by atomic mass is 10.0. The van der Waals surface area contributed by atoms with E-state index in [1.807, 2.05) is 0 Å². The summed E-state index contributed by atoms with van der Waals surface area (Å²) < 4.78 is 45.0. The number of para-hydroxylation sites is 1. The van der Waals surface area contributed by atoms with Crippen LogP contribution in [0, 0.1) is 0 Å².